The van der Waals surface area contributed by atoms with E-state index in [2.05, 4.69) is 5.32 Å². The van der Waals surface area contributed by atoms with E-state index in [4.69, 9.17) is 5.73 Å². The molecular weight excluding hydrogens is 515 g/mol. The molecule has 1 fully saturated rings. The minimum atomic E-state index is -2.79. The second kappa shape index (κ2) is 8.60. The summed E-state index contributed by atoms with van der Waals surface area (Å²) < 4.78 is 16.0. The highest BCUT2D eigenvalue weighted by Crippen LogP contribution is 2.54. The zero-order chi connectivity index (χ0) is 28.9. The Bertz CT molecular complexity index is 1450. The van der Waals surface area contributed by atoms with Crippen molar-refractivity contribution < 1.29 is 44.0 Å². The second-order valence-electron chi connectivity index (χ2n) is 10.9. The lowest BCUT2D eigenvalue weighted by Gasteiger charge is -2.50. The number of amides is 2. The van der Waals surface area contributed by atoms with Crippen molar-refractivity contribution in [3.63, 3.8) is 0 Å². The number of likely N-dealkylation sites (N-methyl/N-ethyl adjacent to an activating group) is 2. The fourth-order valence-corrected chi connectivity index (χ4v) is 6.49. The minimum Gasteiger partial charge on any atom is -0.508 e. The largest absolute Gasteiger partial charge is 0.508 e. The Morgan fingerprint density at radius 2 is 1.82 bits per heavy atom. The van der Waals surface area contributed by atoms with Gasteiger partial charge in [0.1, 0.15) is 22.9 Å². The summed E-state index contributed by atoms with van der Waals surface area (Å²) in [5, 5.41) is 47.4. The van der Waals surface area contributed by atoms with Gasteiger partial charge in [-0.1, -0.05) is 0 Å². The van der Waals surface area contributed by atoms with Crippen molar-refractivity contribution in [1.29, 1.82) is 0 Å². The monoisotopic (exact) mass is 544 g/mol. The Balaban J connectivity index is 1.74. The van der Waals surface area contributed by atoms with Crippen LogP contribution in [0.1, 0.15) is 30.0 Å². The molecule has 0 spiro atoms. The van der Waals surface area contributed by atoms with Crippen molar-refractivity contribution in [2.45, 2.75) is 44.0 Å². The van der Waals surface area contributed by atoms with Crippen LogP contribution >= 0.6 is 0 Å². The average molecular weight is 545 g/mol. The number of fused-ring (bicyclic) bond motifs is 4. The topological polar surface area (TPSA) is 194 Å². The number of nitrogens with one attached hydrogen (secondary N) is 1. The molecular formula is C26H29FN4O8. The van der Waals surface area contributed by atoms with E-state index < -0.39 is 92.7 Å². The van der Waals surface area contributed by atoms with Gasteiger partial charge in [0, 0.05) is 29.2 Å². The predicted octanol–water partition coefficient (Wildman–Crippen LogP) is -0.124. The molecule has 13 heteroatoms. The summed E-state index contributed by atoms with van der Waals surface area (Å²) in [5.41, 5.74) is 0.454. The summed E-state index contributed by atoms with van der Waals surface area (Å²) in [7, 11) is 4.60. The standard InChI is InChI=1S/C26H29FN4O8/c1-8-25(38)29-17-11(7-31(8)4)16(27)10-5-9-6-12-18(30(2)3)21(34)15(24(28)37)23(36)26(12,39)22(35)13(9)19(32)14(10)20(17)33/h8-9,12,18,32-33,36,39H,5-7H2,1-4H3,(H2,28,37)(H,29,38)/t8-,9+,12+,18+,26+/m1/s1. The quantitative estimate of drug-likeness (QED) is 0.216. The molecule has 1 aromatic rings. The van der Waals surface area contributed by atoms with E-state index in [1.807, 2.05) is 0 Å². The number of benzene rings is 1. The first-order valence-corrected chi connectivity index (χ1v) is 12.4. The number of rotatable bonds is 2. The number of Topliss-reactive ketones (excluding diaryl/α,β-unsaturated/α-hetero) is 2. The number of ketones is 2. The van der Waals surface area contributed by atoms with Crippen LogP contribution in [0.2, 0.25) is 0 Å². The van der Waals surface area contributed by atoms with Crippen molar-refractivity contribution in [2.24, 2.45) is 17.6 Å². The number of primary amides is 1. The van der Waals surface area contributed by atoms with Crippen LogP contribution in [-0.2, 0) is 32.1 Å². The lowest BCUT2D eigenvalue weighted by Crippen LogP contribution is -2.65. The summed E-state index contributed by atoms with van der Waals surface area (Å²) in [5.74, 6) is -9.56. The summed E-state index contributed by atoms with van der Waals surface area (Å²) >= 11 is 0. The Morgan fingerprint density at radius 3 is 2.41 bits per heavy atom. The second-order valence-corrected chi connectivity index (χ2v) is 10.9. The van der Waals surface area contributed by atoms with Crippen LogP contribution in [0, 0.1) is 17.7 Å². The minimum absolute atomic E-state index is 0.00651. The van der Waals surface area contributed by atoms with Crippen LogP contribution in [0.5, 0.6) is 5.75 Å². The van der Waals surface area contributed by atoms with E-state index in [9.17, 15) is 39.6 Å². The lowest BCUT2D eigenvalue weighted by molar-refractivity contribution is -0.153. The van der Waals surface area contributed by atoms with Gasteiger partial charge in [0.2, 0.25) is 11.7 Å². The van der Waals surface area contributed by atoms with Crippen LogP contribution in [-0.4, -0.2) is 92.4 Å². The third-order valence-electron chi connectivity index (χ3n) is 8.62. The Labute approximate surface area is 222 Å². The summed E-state index contributed by atoms with van der Waals surface area (Å²) in [6.45, 7) is 1.57. The maximum absolute atomic E-state index is 16.0. The van der Waals surface area contributed by atoms with Crippen LogP contribution in [0.15, 0.2) is 16.9 Å². The molecule has 3 aliphatic carbocycles. The highest BCUT2D eigenvalue weighted by molar-refractivity contribution is 6.24. The van der Waals surface area contributed by atoms with Crippen LogP contribution in [0.4, 0.5) is 10.1 Å². The molecule has 39 heavy (non-hydrogen) atoms. The van der Waals surface area contributed by atoms with Crippen LogP contribution in [0.25, 0.3) is 5.76 Å². The van der Waals surface area contributed by atoms with E-state index in [1.165, 1.54) is 19.0 Å². The van der Waals surface area contributed by atoms with Crippen molar-refractivity contribution in [3.05, 3.63) is 39.4 Å². The highest BCUT2D eigenvalue weighted by atomic mass is 19.1. The number of halogens is 1. The molecule has 0 saturated heterocycles. The zero-order valence-corrected chi connectivity index (χ0v) is 21.7. The molecule has 4 aliphatic rings. The molecule has 1 heterocycles. The van der Waals surface area contributed by atoms with E-state index in [-0.39, 0.29) is 36.2 Å². The van der Waals surface area contributed by atoms with Crippen molar-refractivity contribution in [2.75, 3.05) is 26.5 Å². The van der Waals surface area contributed by atoms with E-state index in [1.54, 1.807) is 18.9 Å². The van der Waals surface area contributed by atoms with Crippen LogP contribution < -0.4 is 11.1 Å². The van der Waals surface area contributed by atoms with Gasteiger partial charge in [0.05, 0.1) is 23.3 Å². The molecule has 1 aromatic carbocycles. The zero-order valence-electron chi connectivity index (χ0n) is 21.7. The van der Waals surface area contributed by atoms with Crippen molar-refractivity contribution in [1.82, 2.24) is 9.80 Å². The lowest BCUT2D eigenvalue weighted by atomic mass is 9.57. The van der Waals surface area contributed by atoms with Crippen LogP contribution in [0.3, 0.4) is 0 Å². The maximum Gasteiger partial charge on any atom is 0.255 e. The first-order valence-electron chi connectivity index (χ1n) is 12.4. The normalized spacial score (nSPS) is 30.9. The number of carbonyl (C=O) groups is 4. The Morgan fingerprint density at radius 1 is 1.18 bits per heavy atom. The number of phenolic OH excluding ortho intramolecular Hbond substituents is 1. The predicted molar refractivity (Wildman–Crippen MR) is 134 cm³/mol. The van der Waals surface area contributed by atoms with E-state index >= 15 is 4.39 Å². The van der Waals surface area contributed by atoms with Crippen molar-refractivity contribution >= 4 is 34.8 Å². The number of aliphatic hydroxyl groups is 3. The molecule has 5 atom stereocenters. The van der Waals surface area contributed by atoms with Gasteiger partial charge in [0.15, 0.2) is 17.1 Å². The third kappa shape index (κ3) is 3.39. The van der Waals surface area contributed by atoms with Gasteiger partial charge in [-0.2, -0.15) is 0 Å². The van der Waals surface area contributed by atoms with Gasteiger partial charge in [-0.05, 0) is 46.8 Å². The third-order valence-corrected chi connectivity index (χ3v) is 8.62. The number of phenols is 1. The molecule has 5 rings (SSSR count). The first-order chi connectivity index (χ1) is 18.1. The van der Waals surface area contributed by atoms with Crippen molar-refractivity contribution in [3.8, 4) is 5.75 Å². The number of hydrogen-bond donors (Lipinski definition) is 6. The fourth-order valence-electron chi connectivity index (χ4n) is 6.49. The highest BCUT2D eigenvalue weighted by Gasteiger charge is 2.64. The average Bonchev–Trinajstić information content (AvgIpc) is 2.96. The Kier molecular flexibility index (Phi) is 5.90. The number of nitrogens with zero attached hydrogens (tertiary/aromatic N) is 2. The van der Waals surface area contributed by atoms with Gasteiger partial charge < -0.3 is 31.5 Å². The smallest absolute Gasteiger partial charge is 0.255 e. The van der Waals surface area contributed by atoms with Gasteiger partial charge in [0.25, 0.3) is 5.91 Å². The van der Waals surface area contributed by atoms with Gasteiger partial charge in [-0.15, -0.1) is 0 Å². The van der Waals surface area contributed by atoms with E-state index in [0.29, 0.717) is 0 Å². The molecule has 0 unspecified atom stereocenters. The molecule has 12 nitrogen and oxygen atoms in total. The number of aromatic hydroxyl groups is 1. The fraction of sp³-hybridized carbons (Fsp3) is 0.462. The number of aliphatic hydroxyl groups excluding tert-OH is 2. The van der Waals surface area contributed by atoms with Gasteiger partial charge in [-0.25, -0.2) is 4.39 Å². The van der Waals surface area contributed by atoms with Gasteiger partial charge >= 0.3 is 0 Å². The molecule has 1 saturated carbocycles. The van der Waals surface area contributed by atoms with E-state index in [0.717, 1.165) is 0 Å². The number of carbonyl (C=O) groups excluding carboxylic acids is 4. The molecule has 7 N–H and O–H groups in total. The maximum atomic E-state index is 16.0. The number of anilines is 1. The number of nitrogens with two attached hydrogens (primary N) is 1. The van der Waals surface area contributed by atoms with Gasteiger partial charge in [-0.3, -0.25) is 29.0 Å². The number of hydrogen-bond acceptors (Lipinski definition) is 10. The summed E-state index contributed by atoms with van der Waals surface area (Å²) in [4.78, 5) is 54.6. The molecule has 2 amide bonds. The molecule has 1 aliphatic heterocycles. The Hall–Kier alpha value is -3.81. The molecule has 0 bridgehead atoms. The molecule has 0 aromatic heterocycles. The molecule has 0 radical (unpaired) electrons. The summed E-state index contributed by atoms with van der Waals surface area (Å²) in [6, 6.07) is -1.89. The molecule has 208 valence electrons. The first kappa shape index (κ1) is 26.8. The SMILES string of the molecule is C[C@@H]1C(=O)Nc2c(O)c3c(c(F)c2CN1C)C[C@H]1C[C@H]2[C@H](N(C)C)C(=O)C(C(N)=O)=C(O)[C@@]2(O)C(=O)C1=C3O. The summed E-state index contributed by atoms with van der Waals surface area (Å²) in [6.07, 6.45) is -0.342.